The van der Waals surface area contributed by atoms with Crippen LogP contribution in [0.15, 0.2) is 58.5 Å². The minimum Gasteiger partial charge on any atom is -0.379 e. The first-order valence-electron chi connectivity index (χ1n) is 9.99. The predicted octanol–water partition coefficient (Wildman–Crippen LogP) is 1.83. The van der Waals surface area contributed by atoms with E-state index in [-0.39, 0.29) is 17.2 Å². The van der Waals surface area contributed by atoms with Crippen LogP contribution in [0.2, 0.25) is 0 Å². The van der Waals surface area contributed by atoms with Crippen molar-refractivity contribution < 1.29 is 17.9 Å². The van der Waals surface area contributed by atoms with Gasteiger partial charge in [-0.1, -0.05) is 35.6 Å². The van der Waals surface area contributed by atoms with Gasteiger partial charge in [-0.2, -0.15) is 4.31 Å². The Labute approximate surface area is 184 Å². The maximum atomic E-state index is 12.7. The molecule has 0 unspecified atom stereocenters. The topological polar surface area (TPSA) is 93.0 Å². The number of hydrogen-bond donors (Lipinski definition) is 1. The molecule has 0 atom stereocenters. The van der Waals surface area contributed by atoms with E-state index >= 15 is 0 Å². The fourth-order valence-electron chi connectivity index (χ4n) is 3.38. The van der Waals surface area contributed by atoms with Crippen molar-refractivity contribution in [3.05, 3.63) is 58.9 Å². The molecule has 164 valence electrons. The van der Waals surface area contributed by atoms with Crippen molar-refractivity contribution in [2.45, 2.75) is 17.7 Å². The highest BCUT2D eigenvalue weighted by Crippen LogP contribution is 2.18. The maximum Gasteiger partial charge on any atom is 0.243 e. The molecule has 4 rings (SSSR count). The number of morpholine rings is 1. The quantitative estimate of drug-likeness (QED) is 0.568. The van der Waals surface area contributed by atoms with Crippen LogP contribution in [0.5, 0.6) is 0 Å². The van der Waals surface area contributed by atoms with E-state index in [0.29, 0.717) is 37.5 Å². The number of ether oxygens (including phenoxy) is 1. The molecular weight excluding hydrogens is 436 g/mol. The zero-order valence-electron chi connectivity index (χ0n) is 17.2. The van der Waals surface area contributed by atoms with Gasteiger partial charge in [-0.25, -0.2) is 13.8 Å². The summed E-state index contributed by atoms with van der Waals surface area (Å²) in [6, 6.07) is 14.7. The Hall–Kier alpha value is -2.53. The lowest BCUT2D eigenvalue weighted by atomic mass is 10.1. The SMILES string of the molecule is Cn1c(=NNC(=O)CCc2ccc(S(=O)(=O)N3CCOCC3)cc2)sc2ccccc21. The van der Waals surface area contributed by atoms with Crippen molar-refractivity contribution in [3.63, 3.8) is 0 Å². The molecule has 1 fully saturated rings. The lowest BCUT2D eigenvalue weighted by molar-refractivity contribution is -0.121. The van der Waals surface area contributed by atoms with E-state index in [1.807, 2.05) is 35.9 Å². The number of nitrogens with zero attached hydrogens (tertiary/aromatic N) is 3. The minimum atomic E-state index is -3.51. The highest BCUT2D eigenvalue weighted by molar-refractivity contribution is 7.89. The number of aromatic nitrogens is 1. The van der Waals surface area contributed by atoms with Crippen LogP contribution in [0, 0.1) is 0 Å². The van der Waals surface area contributed by atoms with Crippen molar-refractivity contribution >= 4 is 37.5 Å². The molecule has 1 aliphatic heterocycles. The van der Waals surface area contributed by atoms with Crippen LogP contribution in [0.25, 0.3) is 10.2 Å². The summed E-state index contributed by atoms with van der Waals surface area (Å²) in [5.41, 5.74) is 4.57. The highest BCUT2D eigenvalue weighted by atomic mass is 32.2. The van der Waals surface area contributed by atoms with E-state index in [9.17, 15) is 13.2 Å². The molecule has 2 heterocycles. The number of carbonyl (C=O) groups excluding carboxylic acids is 1. The molecule has 31 heavy (non-hydrogen) atoms. The molecule has 3 aromatic rings. The summed E-state index contributed by atoms with van der Waals surface area (Å²) in [7, 11) is -1.59. The lowest BCUT2D eigenvalue weighted by Crippen LogP contribution is -2.40. The van der Waals surface area contributed by atoms with E-state index in [4.69, 9.17) is 4.74 Å². The van der Waals surface area contributed by atoms with Crippen LogP contribution >= 0.6 is 11.3 Å². The van der Waals surface area contributed by atoms with E-state index in [2.05, 4.69) is 10.5 Å². The third-order valence-corrected chi connectivity index (χ3v) is 8.19. The van der Waals surface area contributed by atoms with E-state index in [1.165, 1.54) is 15.6 Å². The van der Waals surface area contributed by atoms with Crippen molar-refractivity contribution in [3.8, 4) is 0 Å². The number of nitrogens with one attached hydrogen (secondary N) is 1. The van der Waals surface area contributed by atoms with Gasteiger partial charge in [0.15, 0.2) is 0 Å². The molecule has 10 heteroatoms. The first-order valence-corrected chi connectivity index (χ1v) is 12.2. The van der Waals surface area contributed by atoms with Gasteiger partial charge in [-0.05, 0) is 36.2 Å². The van der Waals surface area contributed by atoms with Crippen molar-refractivity contribution in [1.82, 2.24) is 14.3 Å². The van der Waals surface area contributed by atoms with Gasteiger partial charge >= 0.3 is 0 Å². The second kappa shape index (κ2) is 9.31. The van der Waals surface area contributed by atoms with Crippen molar-refractivity contribution in [2.24, 2.45) is 12.1 Å². The molecular formula is C21H24N4O4S2. The number of rotatable bonds is 6. The third-order valence-electron chi connectivity index (χ3n) is 5.16. The van der Waals surface area contributed by atoms with Crippen molar-refractivity contribution in [2.75, 3.05) is 26.3 Å². The van der Waals surface area contributed by atoms with Crippen LogP contribution in [0.4, 0.5) is 0 Å². The monoisotopic (exact) mass is 460 g/mol. The first kappa shape index (κ1) is 21.7. The number of fused-ring (bicyclic) bond motifs is 1. The van der Waals surface area contributed by atoms with Gasteiger partial charge in [-0.3, -0.25) is 4.79 Å². The number of thiazole rings is 1. The first-order chi connectivity index (χ1) is 14.9. The maximum absolute atomic E-state index is 12.7. The smallest absolute Gasteiger partial charge is 0.243 e. The predicted molar refractivity (Wildman–Crippen MR) is 119 cm³/mol. The average molecular weight is 461 g/mol. The summed E-state index contributed by atoms with van der Waals surface area (Å²) in [5, 5.41) is 4.24. The number of aryl methyl sites for hydroxylation is 2. The van der Waals surface area contributed by atoms with Gasteiger partial charge in [0, 0.05) is 26.6 Å². The Balaban J connectivity index is 1.35. The summed E-state index contributed by atoms with van der Waals surface area (Å²) in [4.78, 5) is 13.2. The Kier molecular flexibility index (Phi) is 6.51. The van der Waals surface area contributed by atoms with Gasteiger partial charge in [0.25, 0.3) is 0 Å². The molecule has 8 nitrogen and oxygen atoms in total. The van der Waals surface area contributed by atoms with Crippen LogP contribution in [-0.2, 0) is 33.0 Å². The largest absolute Gasteiger partial charge is 0.379 e. The number of carbonyl (C=O) groups is 1. The molecule has 0 saturated carbocycles. The molecule has 1 amide bonds. The molecule has 1 saturated heterocycles. The minimum absolute atomic E-state index is 0.192. The molecule has 1 N–H and O–H groups in total. The Morgan fingerprint density at radius 2 is 1.84 bits per heavy atom. The molecule has 0 radical (unpaired) electrons. The molecule has 0 bridgehead atoms. The summed E-state index contributed by atoms with van der Waals surface area (Å²) in [6.07, 6.45) is 0.755. The molecule has 1 aliphatic rings. The van der Waals surface area contributed by atoms with Crippen LogP contribution in [0.3, 0.4) is 0 Å². The normalized spacial score (nSPS) is 16.0. The molecule has 2 aromatic carbocycles. The number of para-hydroxylation sites is 1. The summed E-state index contributed by atoms with van der Waals surface area (Å²) >= 11 is 1.51. The second-order valence-corrected chi connectivity index (χ2v) is 10.2. The second-order valence-electron chi connectivity index (χ2n) is 7.22. The van der Waals surface area contributed by atoms with Crippen LogP contribution in [0.1, 0.15) is 12.0 Å². The summed E-state index contributed by atoms with van der Waals surface area (Å²) < 4.78 is 35.0. The molecule has 0 spiro atoms. The van der Waals surface area contributed by atoms with Gasteiger partial charge in [0.1, 0.15) is 0 Å². The Morgan fingerprint density at radius 3 is 2.55 bits per heavy atom. The zero-order valence-corrected chi connectivity index (χ0v) is 18.8. The van der Waals surface area contributed by atoms with Gasteiger partial charge in [-0.15, -0.1) is 5.10 Å². The standard InChI is InChI=1S/C21H24N4O4S2/c1-24-18-4-2-3-5-19(18)30-21(24)23-22-20(26)11-8-16-6-9-17(10-7-16)31(27,28)25-12-14-29-15-13-25/h2-7,9-10H,8,11-15H2,1H3,(H,22,26). The summed E-state index contributed by atoms with van der Waals surface area (Å²) in [5.74, 6) is -0.192. The fourth-order valence-corrected chi connectivity index (χ4v) is 5.76. The number of sulfonamides is 1. The summed E-state index contributed by atoms with van der Waals surface area (Å²) in [6.45, 7) is 1.56. The lowest BCUT2D eigenvalue weighted by Gasteiger charge is -2.26. The van der Waals surface area contributed by atoms with Crippen LogP contribution < -0.4 is 10.2 Å². The Morgan fingerprint density at radius 1 is 1.13 bits per heavy atom. The molecule has 0 aliphatic carbocycles. The van der Waals surface area contributed by atoms with E-state index < -0.39 is 10.0 Å². The van der Waals surface area contributed by atoms with Gasteiger partial charge < -0.3 is 9.30 Å². The Bertz CT molecular complexity index is 1240. The molecule has 1 aromatic heterocycles. The van der Waals surface area contributed by atoms with Gasteiger partial charge in [0.05, 0.1) is 28.3 Å². The van der Waals surface area contributed by atoms with E-state index in [1.54, 1.807) is 24.3 Å². The average Bonchev–Trinajstić information content (AvgIpc) is 3.13. The number of benzene rings is 2. The van der Waals surface area contributed by atoms with E-state index in [0.717, 1.165) is 15.8 Å². The highest BCUT2D eigenvalue weighted by Gasteiger charge is 2.26. The van der Waals surface area contributed by atoms with Gasteiger partial charge in [0.2, 0.25) is 20.7 Å². The zero-order chi connectivity index (χ0) is 21.8. The fraction of sp³-hybridized carbons (Fsp3) is 0.333. The third kappa shape index (κ3) is 4.87. The number of hydrogen-bond acceptors (Lipinski definition) is 6. The van der Waals surface area contributed by atoms with Crippen molar-refractivity contribution in [1.29, 1.82) is 0 Å². The van der Waals surface area contributed by atoms with Crippen LogP contribution in [-0.4, -0.2) is 49.5 Å². The number of amides is 1.